The van der Waals surface area contributed by atoms with Crippen LogP contribution < -0.4 is 4.72 Å². The molecule has 1 N–H and O–H groups in total. The average Bonchev–Trinajstić information content (AvgIpc) is 2.90. The number of halogens is 1. The van der Waals surface area contributed by atoms with Gasteiger partial charge in [-0.2, -0.15) is 0 Å². The van der Waals surface area contributed by atoms with Crippen molar-refractivity contribution in [3.8, 4) is 11.3 Å². The van der Waals surface area contributed by atoms with Crippen molar-refractivity contribution in [3.05, 3.63) is 64.6 Å². The monoisotopic (exact) mass is 374 g/mol. The lowest BCUT2D eigenvalue weighted by atomic mass is 10.1. The molecule has 0 amide bonds. The Morgan fingerprint density at radius 2 is 1.73 bits per heavy atom. The molecule has 0 unspecified atom stereocenters. The van der Waals surface area contributed by atoms with Gasteiger partial charge in [-0.05, 0) is 63.1 Å². The first kappa shape index (κ1) is 18.1. The summed E-state index contributed by atoms with van der Waals surface area (Å²) in [4.78, 5) is 0.132. The SMILES string of the molecule is Cc1cc(F)ccc1NS(=O)(=O)c1cc(-c2onc(C)c2C)ccc1C. The summed E-state index contributed by atoms with van der Waals surface area (Å²) in [5, 5.41) is 3.92. The van der Waals surface area contributed by atoms with Crippen molar-refractivity contribution in [3.63, 3.8) is 0 Å². The molecule has 136 valence electrons. The highest BCUT2D eigenvalue weighted by atomic mass is 32.2. The third-order valence-electron chi connectivity index (χ3n) is 4.33. The third-order valence-corrected chi connectivity index (χ3v) is 5.84. The van der Waals surface area contributed by atoms with Gasteiger partial charge in [0.15, 0.2) is 5.76 Å². The lowest BCUT2D eigenvalue weighted by Crippen LogP contribution is -2.15. The topological polar surface area (TPSA) is 72.2 Å². The smallest absolute Gasteiger partial charge is 0.262 e. The maximum Gasteiger partial charge on any atom is 0.262 e. The fourth-order valence-corrected chi connectivity index (χ4v) is 4.06. The fraction of sp³-hybridized carbons (Fsp3) is 0.211. The number of rotatable bonds is 4. The first-order valence-electron chi connectivity index (χ1n) is 8.02. The van der Waals surface area contributed by atoms with E-state index in [2.05, 4.69) is 9.88 Å². The molecule has 5 nitrogen and oxygen atoms in total. The van der Waals surface area contributed by atoms with Gasteiger partial charge in [0.1, 0.15) is 5.82 Å². The molecule has 0 saturated carbocycles. The van der Waals surface area contributed by atoms with Crippen molar-refractivity contribution >= 4 is 15.7 Å². The quantitative estimate of drug-likeness (QED) is 0.729. The van der Waals surface area contributed by atoms with Gasteiger partial charge in [0, 0.05) is 11.1 Å². The number of nitrogens with one attached hydrogen (secondary N) is 1. The molecule has 0 bridgehead atoms. The first-order valence-corrected chi connectivity index (χ1v) is 9.50. The lowest BCUT2D eigenvalue weighted by Gasteiger charge is -2.13. The summed E-state index contributed by atoms with van der Waals surface area (Å²) < 4.78 is 46.9. The minimum Gasteiger partial charge on any atom is -0.356 e. The van der Waals surface area contributed by atoms with Crippen molar-refractivity contribution in [1.82, 2.24) is 5.16 Å². The summed E-state index contributed by atoms with van der Waals surface area (Å²) in [5.41, 5.74) is 3.68. The minimum absolute atomic E-state index is 0.132. The van der Waals surface area contributed by atoms with Crippen LogP contribution in [0.15, 0.2) is 45.8 Å². The Morgan fingerprint density at radius 1 is 1.00 bits per heavy atom. The summed E-state index contributed by atoms with van der Waals surface area (Å²) in [5.74, 6) is 0.122. The maximum atomic E-state index is 13.3. The zero-order valence-electron chi connectivity index (χ0n) is 14.9. The van der Waals surface area contributed by atoms with E-state index in [1.54, 1.807) is 32.0 Å². The van der Waals surface area contributed by atoms with E-state index >= 15 is 0 Å². The molecular formula is C19H19FN2O3S. The molecule has 0 spiro atoms. The van der Waals surface area contributed by atoms with Crippen molar-refractivity contribution in [1.29, 1.82) is 0 Å². The van der Waals surface area contributed by atoms with Gasteiger partial charge in [0.2, 0.25) is 0 Å². The van der Waals surface area contributed by atoms with Crippen molar-refractivity contribution < 1.29 is 17.3 Å². The highest BCUT2D eigenvalue weighted by Gasteiger charge is 2.21. The zero-order chi connectivity index (χ0) is 19.1. The van der Waals surface area contributed by atoms with E-state index in [0.29, 0.717) is 28.1 Å². The summed E-state index contributed by atoms with van der Waals surface area (Å²) in [7, 11) is -3.85. The predicted octanol–water partition coefficient (Wildman–Crippen LogP) is 4.52. The van der Waals surface area contributed by atoms with Crippen LogP contribution in [0.5, 0.6) is 0 Å². The Morgan fingerprint density at radius 3 is 2.35 bits per heavy atom. The Bertz CT molecular complexity index is 1090. The Balaban J connectivity index is 2.04. The molecule has 1 heterocycles. The van der Waals surface area contributed by atoms with Gasteiger partial charge >= 0.3 is 0 Å². The van der Waals surface area contributed by atoms with E-state index in [4.69, 9.17) is 4.52 Å². The summed E-state index contributed by atoms with van der Waals surface area (Å²) in [6.45, 7) is 7.06. The van der Waals surface area contributed by atoms with Crippen LogP contribution in [0.4, 0.5) is 10.1 Å². The van der Waals surface area contributed by atoms with Crippen LogP contribution in [0, 0.1) is 33.5 Å². The number of hydrogen-bond donors (Lipinski definition) is 1. The van der Waals surface area contributed by atoms with Crippen molar-refractivity contribution in [2.24, 2.45) is 0 Å². The molecule has 0 saturated heterocycles. The van der Waals surface area contributed by atoms with Crippen molar-refractivity contribution in [2.45, 2.75) is 32.6 Å². The number of benzene rings is 2. The van der Waals surface area contributed by atoms with Crippen LogP contribution in [0.1, 0.15) is 22.4 Å². The lowest BCUT2D eigenvalue weighted by molar-refractivity contribution is 0.426. The summed E-state index contributed by atoms with van der Waals surface area (Å²) in [6, 6.07) is 8.98. The number of aromatic nitrogens is 1. The van der Waals surface area contributed by atoms with Gasteiger partial charge in [-0.1, -0.05) is 17.3 Å². The molecule has 0 aliphatic rings. The Kier molecular flexibility index (Phi) is 4.58. The van der Waals surface area contributed by atoms with Crippen LogP contribution in [-0.4, -0.2) is 13.6 Å². The van der Waals surface area contributed by atoms with Gasteiger partial charge in [-0.25, -0.2) is 12.8 Å². The number of aryl methyl sites for hydroxylation is 3. The van der Waals surface area contributed by atoms with E-state index in [0.717, 1.165) is 11.3 Å². The molecule has 26 heavy (non-hydrogen) atoms. The fourth-order valence-electron chi connectivity index (χ4n) is 2.66. The zero-order valence-corrected chi connectivity index (χ0v) is 15.7. The molecule has 0 fully saturated rings. The van der Waals surface area contributed by atoms with Crippen molar-refractivity contribution in [2.75, 3.05) is 4.72 Å². The highest BCUT2D eigenvalue weighted by Crippen LogP contribution is 2.30. The second-order valence-electron chi connectivity index (χ2n) is 6.27. The van der Waals surface area contributed by atoms with E-state index < -0.39 is 15.8 Å². The molecular weight excluding hydrogens is 355 g/mol. The van der Waals surface area contributed by atoms with Gasteiger partial charge in [0.25, 0.3) is 10.0 Å². The van der Waals surface area contributed by atoms with Gasteiger partial charge in [0.05, 0.1) is 16.3 Å². The molecule has 2 aromatic carbocycles. The van der Waals surface area contributed by atoms with Crippen LogP contribution >= 0.6 is 0 Å². The van der Waals surface area contributed by atoms with Crippen LogP contribution in [0.2, 0.25) is 0 Å². The van der Waals surface area contributed by atoms with Gasteiger partial charge < -0.3 is 4.52 Å². The molecule has 7 heteroatoms. The standard InChI is InChI=1S/C19H19FN2O3S/c1-11-5-6-15(19-13(3)14(4)21-25-19)10-18(11)26(23,24)22-17-8-7-16(20)9-12(17)2/h5-10,22H,1-4H3. The molecule has 0 aliphatic carbocycles. The minimum atomic E-state index is -3.85. The first-order chi connectivity index (χ1) is 12.2. The molecule has 0 atom stereocenters. The van der Waals surface area contributed by atoms with Gasteiger partial charge in [-0.3, -0.25) is 4.72 Å². The van der Waals surface area contributed by atoms with Crippen LogP contribution in [0.25, 0.3) is 11.3 Å². The molecule has 3 rings (SSSR count). The van der Waals surface area contributed by atoms with Crippen LogP contribution in [0.3, 0.4) is 0 Å². The summed E-state index contributed by atoms with van der Waals surface area (Å²) >= 11 is 0. The highest BCUT2D eigenvalue weighted by molar-refractivity contribution is 7.92. The van der Waals surface area contributed by atoms with E-state index in [-0.39, 0.29) is 4.90 Å². The third kappa shape index (κ3) is 3.35. The molecule has 0 aliphatic heterocycles. The number of anilines is 1. The van der Waals surface area contributed by atoms with Crippen LogP contribution in [-0.2, 0) is 10.0 Å². The second kappa shape index (κ2) is 6.57. The van der Waals surface area contributed by atoms with Gasteiger partial charge in [-0.15, -0.1) is 0 Å². The summed E-state index contributed by atoms with van der Waals surface area (Å²) in [6.07, 6.45) is 0. The average molecular weight is 374 g/mol. The number of nitrogens with zero attached hydrogens (tertiary/aromatic N) is 1. The van der Waals surface area contributed by atoms with E-state index in [1.807, 2.05) is 13.8 Å². The molecule has 0 radical (unpaired) electrons. The Labute approximate surface area is 151 Å². The second-order valence-corrected chi connectivity index (χ2v) is 7.92. The number of sulfonamides is 1. The maximum absolute atomic E-state index is 13.3. The number of hydrogen-bond acceptors (Lipinski definition) is 4. The predicted molar refractivity (Wildman–Crippen MR) is 98.1 cm³/mol. The molecule has 3 aromatic rings. The van der Waals surface area contributed by atoms with E-state index in [1.165, 1.54) is 18.2 Å². The van der Waals surface area contributed by atoms with E-state index in [9.17, 15) is 12.8 Å². The Hall–Kier alpha value is -2.67. The molecule has 1 aromatic heterocycles. The normalized spacial score (nSPS) is 11.6. The largest absolute Gasteiger partial charge is 0.356 e.